The number of nitro groups is 1. The van der Waals surface area contributed by atoms with E-state index in [0.29, 0.717) is 25.5 Å². The Bertz CT molecular complexity index is 643. The lowest BCUT2D eigenvalue weighted by atomic mass is 9.90. The molecule has 1 N–H and O–H groups in total. The second-order valence-corrected chi connectivity index (χ2v) is 6.45. The van der Waals surface area contributed by atoms with Crippen molar-refractivity contribution in [2.45, 2.75) is 36.8 Å². The Morgan fingerprint density at radius 1 is 1.48 bits per heavy atom. The smallest absolute Gasteiger partial charge is 0.304 e. The van der Waals surface area contributed by atoms with Crippen LogP contribution in [0.25, 0.3) is 0 Å². The van der Waals surface area contributed by atoms with Crippen molar-refractivity contribution in [3.8, 4) is 0 Å². The minimum Gasteiger partial charge on any atom is -0.378 e. The van der Waals surface area contributed by atoms with E-state index in [1.54, 1.807) is 0 Å². The van der Waals surface area contributed by atoms with E-state index in [0.717, 1.165) is 12.1 Å². The molecular weight excluding hydrogens is 303 g/mol. The van der Waals surface area contributed by atoms with Crippen LogP contribution < -0.4 is 4.72 Å². The fourth-order valence-electron chi connectivity index (χ4n) is 2.12. The van der Waals surface area contributed by atoms with Gasteiger partial charge in [-0.05, 0) is 25.8 Å². The largest absolute Gasteiger partial charge is 0.378 e. The molecule has 1 saturated carbocycles. The van der Waals surface area contributed by atoms with Gasteiger partial charge >= 0.3 is 5.69 Å². The predicted molar refractivity (Wildman–Crippen MR) is 71.8 cm³/mol. The first kappa shape index (κ1) is 15.8. The zero-order valence-electron chi connectivity index (χ0n) is 11.3. The minimum absolute atomic E-state index is 0.0382. The molecule has 0 amide bonds. The molecule has 116 valence electrons. The number of rotatable bonds is 6. The van der Waals surface area contributed by atoms with Gasteiger partial charge in [0.05, 0.1) is 15.9 Å². The second kappa shape index (κ2) is 6.04. The monoisotopic (exact) mass is 318 g/mol. The number of halogens is 1. The average molecular weight is 318 g/mol. The summed E-state index contributed by atoms with van der Waals surface area (Å²) in [6.07, 6.45) is 1.15. The molecule has 0 spiro atoms. The first-order valence-electron chi connectivity index (χ1n) is 6.41. The Labute approximate surface area is 121 Å². The Hall–Kier alpha value is -1.58. The number of nitro benzene ring substituents is 1. The third-order valence-corrected chi connectivity index (χ3v) is 4.76. The number of nitrogens with zero attached hydrogens (tertiary/aromatic N) is 1. The van der Waals surface area contributed by atoms with Crippen LogP contribution in [0.1, 0.15) is 19.8 Å². The van der Waals surface area contributed by atoms with Crippen molar-refractivity contribution in [3.05, 3.63) is 34.1 Å². The summed E-state index contributed by atoms with van der Waals surface area (Å²) in [5, 5.41) is 10.5. The maximum absolute atomic E-state index is 13.5. The lowest BCUT2D eigenvalue weighted by molar-refractivity contribution is -0.387. The Balaban J connectivity index is 2.07. The van der Waals surface area contributed by atoms with Gasteiger partial charge in [0.1, 0.15) is 0 Å². The van der Waals surface area contributed by atoms with Crippen molar-refractivity contribution >= 4 is 15.7 Å². The van der Waals surface area contributed by atoms with Crippen LogP contribution in [-0.2, 0) is 14.8 Å². The molecule has 0 aliphatic heterocycles. The molecule has 0 unspecified atom stereocenters. The summed E-state index contributed by atoms with van der Waals surface area (Å²) in [5.41, 5.74) is -0.756. The van der Waals surface area contributed by atoms with E-state index in [-0.39, 0.29) is 17.0 Å². The molecule has 21 heavy (non-hydrogen) atoms. The lowest BCUT2D eigenvalue weighted by Gasteiger charge is -2.35. The molecule has 1 aromatic carbocycles. The quantitative estimate of drug-likeness (QED) is 0.634. The van der Waals surface area contributed by atoms with E-state index in [1.807, 2.05) is 6.92 Å². The van der Waals surface area contributed by atoms with Gasteiger partial charge in [0.25, 0.3) is 0 Å². The van der Waals surface area contributed by atoms with Crippen LogP contribution in [0.3, 0.4) is 0 Å². The topological polar surface area (TPSA) is 98.5 Å². The normalized spacial score (nSPS) is 21.8. The maximum Gasteiger partial charge on any atom is 0.304 e. The summed E-state index contributed by atoms with van der Waals surface area (Å²) in [6.45, 7) is 2.43. The minimum atomic E-state index is -3.89. The van der Waals surface area contributed by atoms with Crippen molar-refractivity contribution in [1.29, 1.82) is 0 Å². The van der Waals surface area contributed by atoms with Crippen molar-refractivity contribution in [2.75, 3.05) is 6.61 Å². The average Bonchev–Trinajstić information content (AvgIpc) is 2.35. The van der Waals surface area contributed by atoms with Gasteiger partial charge < -0.3 is 4.74 Å². The summed E-state index contributed by atoms with van der Waals surface area (Å²) in [7, 11) is -3.89. The molecular formula is C12H15FN2O5S. The third kappa shape index (κ3) is 3.55. The van der Waals surface area contributed by atoms with E-state index in [1.165, 1.54) is 0 Å². The van der Waals surface area contributed by atoms with Crippen LogP contribution in [0.15, 0.2) is 23.1 Å². The van der Waals surface area contributed by atoms with Gasteiger partial charge in [0, 0.05) is 24.8 Å². The van der Waals surface area contributed by atoms with Crippen LogP contribution in [0.4, 0.5) is 10.1 Å². The number of ether oxygens (including phenoxy) is 1. The molecule has 2 rings (SSSR count). The number of benzene rings is 1. The zero-order valence-corrected chi connectivity index (χ0v) is 12.1. The molecule has 0 aromatic heterocycles. The van der Waals surface area contributed by atoms with Crippen molar-refractivity contribution in [2.24, 2.45) is 0 Å². The highest BCUT2D eigenvalue weighted by Crippen LogP contribution is 2.26. The third-order valence-electron chi connectivity index (χ3n) is 3.25. The van der Waals surface area contributed by atoms with Crippen molar-refractivity contribution < 1.29 is 22.5 Å². The summed E-state index contributed by atoms with van der Waals surface area (Å²) >= 11 is 0. The molecule has 1 aliphatic rings. The summed E-state index contributed by atoms with van der Waals surface area (Å²) in [6, 6.07) is 2.25. The highest BCUT2D eigenvalue weighted by molar-refractivity contribution is 7.89. The Morgan fingerprint density at radius 2 is 2.14 bits per heavy atom. The summed E-state index contributed by atoms with van der Waals surface area (Å²) in [5.74, 6) is -1.18. The second-order valence-electron chi connectivity index (χ2n) is 4.74. The molecule has 0 heterocycles. The highest BCUT2D eigenvalue weighted by atomic mass is 32.2. The molecule has 0 atom stereocenters. The number of sulfonamides is 1. The predicted octanol–water partition coefficient (Wildman–Crippen LogP) is 1.58. The van der Waals surface area contributed by atoms with Gasteiger partial charge in [-0.2, -0.15) is 4.39 Å². The van der Waals surface area contributed by atoms with Crippen LogP contribution in [0.5, 0.6) is 0 Å². The van der Waals surface area contributed by atoms with Crippen LogP contribution in [-0.4, -0.2) is 32.1 Å². The number of nitrogens with one attached hydrogen (secondary N) is 1. The molecule has 0 saturated heterocycles. The van der Waals surface area contributed by atoms with Gasteiger partial charge in [-0.15, -0.1) is 0 Å². The van der Waals surface area contributed by atoms with E-state index < -0.39 is 26.5 Å². The molecule has 1 aliphatic carbocycles. The van der Waals surface area contributed by atoms with Gasteiger partial charge in [-0.3, -0.25) is 10.1 Å². The van der Waals surface area contributed by atoms with Gasteiger partial charge in [-0.25, -0.2) is 13.1 Å². The number of hydrogen-bond donors (Lipinski definition) is 1. The standard InChI is InChI=1S/C12H15FN2O5S/c1-2-20-9-5-8(6-9)14-21(18,19)10-3-4-12(15(16)17)11(13)7-10/h3-4,7-9,14H,2,5-6H2,1H3. The number of hydrogen-bond acceptors (Lipinski definition) is 5. The van der Waals surface area contributed by atoms with Gasteiger partial charge in [-0.1, -0.05) is 0 Å². The van der Waals surface area contributed by atoms with Crippen molar-refractivity contribution in [1.82, 2.24) is 4.72 Å². The summed E-state index contributed by atoms with van der Waals surface area (Å²) < 4.78 is 45.3. The molecule has 9 heteroatoms. The van der Waals surface area contributed by atoms with Crippen LogP contribution in [0.2, 0.25) is 0 Å². The molecule has 1 fully saturated rings. The fourth-order valence-corrected chi connectivity index (χ4v) is 3.40. The first-order chi connectivity index (χ1) is 9.83. The van der Waals surface area contributed by atoms with Gasteiger partial charge in [0.2, 0.25) is 15.8 Å². The first-order valence-corrected chi connectivity index (χ1v) is 7.89. The molecule has 7 nitrogen and oxygen atoms in total. The lowest BCUT2D eigenvalue weighted by Crippen LogP contribution is -2.47. The van der Waals surface area contributed by atoms with E-state index in [2.05, 4.69) is 4.72 Å². The van der Waals surface area contributed by atoms with Crippen LogP contribution in [0, 0.1) is 15.9 Å². The molecule has 0 bridgehead atoms. The SMILES string of the molecule is CCOC1CC(NS(=O)(=O)c2ccc([N+](=O)[O-])c(F)c2)C1. The maximum atomic E-state index is 13.5. The Morgan fingerprint density at radius 3 is 2.67 bits per heavy atom. The fraction of sp³-hybridized carbons (Fsp3) is 0.500. The van der Waals surface area contributed by atoms with Gasteiger partial charge in [0.15, 0.2) is 0 Å². The highest BCUT2D eigenvalue weighted by Gasteiger charge is 2.33. The summed E-state index contributed by atoms with van der Waals surface area (Å²) in [4.78, 5) is 9.27. The van der Waals surface area contributed by atoms with E-state index in [9.17, 15) is 22.9 Å². The molecule has 1 aromatic rings. The van der Waals surface area contributed by atoms with E-state index >= 15 is 0 Å². The molecule has 0 radical (unpaired) electrons. The van der Waals surface area contributed by atoms with E-state index in [4.69, 9.17) is 4.74 Å². The van der Waals surface area contributed by atoms with Crippen molar-refractivity contribution in [3.63, 3.8) is 0 Å². The van der Waals surface area contributed by atoms with Crippen LogP contribution >= 0.6 is 0 Å². The zero-order chi connectivity index (χ0) is 15.6. The Kier molecular flexibility index (Phi) is 4.55.